The van der Waals surface area contributed by atoms with Crippen LogP contribution in [0.4, 0.5) is 5.69 Å². The first-order chi connectivity index (χ1) is 7.04. The molecule has 1 N–H and O–H groups in total. The van der Waals surface area contributed by atoms with Gasteiger partial charge in [0.1, 0.15) is 0 Å². The van der Waals surface area contributed by atoms with Crippen LogP contribution in [0.5, 0.6) is 0 Å². The first kappa shape index (κ1) is 11.9. The SMILES string of the molecule is CNc1ccc(Cl)cc1/C(C)=N/N(C)C. The van der Waals surface area contributed by atoms with E-state index in [1.165, 1.54) is 0 Å². The molecule has 0 aliphatic rings. The number of nitrogens with zero attached hydrogens (tertiary/aromatic N) is 2. The van der Waals surface area contributed by atoms with Crippen molar-refractivity contribution in [1.29, 1.82) is 0 Å². The summed E-state index contributed by atoms with van der Waals surface area (Å²) in [7, 11) is 5.68. The topological polar surface area (TPSA) is 27.6 Å². The van der Waals surface area contributed by atoms with Crippen LogP contribution in [0.2, 0.25) is 5.02 Å². The average molecular weight is 226 g/mol. The summed E-state index contributed by atoms with van der Waals surface area (Å²) in [5, 5.41) is 9.96. The van der Waals surface area contributed by atoms with Crippen LogP contribution in [0.3, 0.4) is 0 Å². The van der Waals surface area contributed by atoms with E-state index in [1.807, 2.05) is 46.3 Å². The molecule has 0 radical (unpaired) electrons. The van der Waals surface area contributed by atoms with Crippen LogP contribution in [0.25, 0.3) is 0 Å². The molecule has 3 nitrogen and oxygen atoms in total. The number of hydrogen-bond acceptors (Lipinski definition) is 3. The lowest BCUT2D eigenvalue weighted by molar-refractivity contribution is 0.438. The van der Waals surface area contributed by atoms with Crippen LogP contribution in [0.1, 0.15) is 12.5 Å². The summed E-state index contributed by atoms with van der Waals surface area (Å²) in [6.45, 7) is 1.96. The van der Waals surface area contributed by atoms with Gasteiger partial charge in [-0.2, -0.15) is 5.10 Å². The zero-order valence-corrected chi connectivity index (χ0v) is 10.3. The number of benzene rings is 1. The van der Waals surface area contributed by atoms with E-state index in [0.717, 1.165) is 22.0 Å². The van der Waals surface area contributed by atoms with E-state index in [1.54, 1.807) is 5.01 Å². The Morgan fingerprint density at radius 2 is 2.07 bits per heavy atom. The fourth-order valence-corrected chi connectivity index (χ4v) is 1.56. The summed E-state index contributed by atoms with van der Waals surface area (Å²) >= 11 is 5.96. The molecule has 0 amide bonds. The number of halogens is 1. The van der Waals surface area contributed by atoms with Gasteiger partial charge in [0, 0.05) is 37.4 Å². The van der Waals surface area contributed by atoms with Gasteiger partial charge in [-0.15, -0.1) is 0 Å². The van der Waals surface area contributed by atoms with E-state index >= 15 is 0 Å². The van der Waals surface area contributed by atoms with Crippen molar-refractivity contribution in [3.63, 3.8) is 0 Å². The second-order valence-corrected chi connectivity index (χ2v) is 3.91. The summed E-state index contributed by atoms with van der Waals surface area (Å²) in [6, 6.07) is 5.72. The number of rotatable bonds is 3. The Labute approximate surface area is 95.7 Å². The molecule has 0 aliphatic heterocycles. The Morgan fingerprint density at radius 1 is 1.40 bits per heavy atom. The van der Waals surface area contributed by atoms with Crippen LogP contribution < -0.4 is 5.32 Å². The minimum Gasteiger partial charge on any atom is -0.388 e. The lowest BCUT2D eigenvalue weighted by Crippen LogP contribution is -2.09. The van der Waals surface area contributed by atoms with Crippen LogP contribution in [0.15, 0.2) is 23.3 Å². The molecular formula is C11H16ClN3. The van der Waals surface area contributed by atoms with Crippen LogP contribution in [0, 0.1) is 0 Å². The molecular weight excluding hydrogens is 210 g/mol. The molecule has 0 aromatic heterocycles. The van der Waals surface area contributed by atoms with Gasteiger partial charge in [-0.25, -0.2) is 0 Å². The number of hydrogen-bond donors (Lipinski definition) is 1. The van der Waals surface area contributed by atoms with Gasteiger partial charge in [-0.3, -0.25) is 0 Å². The monoisotopic (exact) mass is 225 g/mol. The molecule has 0 fully saturated rings. The summed E-state index contributed by atoms with van der Waals surface area (Å²) in [4.78, 5) is 0. The fraction of sp³-hybridized carbons (Fsp3) is 0.364. The standard InChI is InChI=1S/C11H16ClN3/c1-8(14-15(3)4)10-7-9(12)5-6-11(10)13-2/h5-7,13H,1-4H3/b14-8+. The van der Waals surface area contributed by atoms with Crippen molar-refractivity contribution < 1.29 is 0 Å². The summed E-state index contributed by atoms with van der Waals surface area (Å²) in [5.74, 6) is 0. The zero-order chi connectivity index (χ0) is 11.4. The van der Waals surface area contributed by atoms with Crippen molar-refractivity contribution in [3.05, 3.63) is 28.8 Å². The number of hydrazone groups is 1. The van der Waals surface area contributed by atoms with Crippen LogP contribution >= 0.6 is 11.6 Å². The minimum atomic E-state index is 0.720. The first-order valence-electron chi connectivity index (χ1n) is 4.75. The normalized spacial score (nSPS) is 11.4. The van der Waals surface area contributed by atoms with Gasteiger partial charge in [0.2, 0.25) is 0 Å². The van der Waals surface area contributed by atoms with Crippen molar-refractivity contribution in [2.45, 2.75) is 6.92 Å². The molecule has 0 atom stereocenters. The highest BCUT2D eigenvalue weighted by Gasteiger charge is 2.05. The predicted molar refractivity (Wildman–Crippen MR) is 66.9 cm³/mol. The largest absolute Gasteiger partial charge is 0.388 e. The van der Waals surface area contributed by atoms with E-state index in [0.29, 0.717) is 0 Å². The highest BCUT2D eigenvalue weighted by atomic mass is 35.5. The van der Waals surface area contributed by atoms with Gasteiger partial charge in [-0.05, 0) is 25.1 Å². The average Bonchev–Trinajstić information content (AvgIpc) is 2.16. The van der Waals surface area contributed by atoms with E-state index in [4.69, 9.17) is 11.6 Å². The summed E-state index contributed by atoms with van der Waals surface area (Å²) in [5.41, 5.74) is 2.99. The molecule has 0 spiro atoms. The number of nitrogens with one attached hydrogen (secondary N) is 1. The molecule has 0 unspecified atom stereocenters. The highest BCUT2D eigenvalue weighted by Crippen LogP contribution is 2.21. The van der Waals surface area contributed by atoms with Gasteiger partial charge < -0.3 is 10.3 Å². The van der Waals surface area contributed by atoms with Gasteiger partial charge in [0.25, 0.3) is 0 Å². The van der Waals surface area contributed by atoms with Crippen molar-refractivity contribution >= 4 is 23.0 Å². The van der Waals surface area contributed by atoms with Gasteiger partial charge in [-0.1, -0.05) is 11.6 Å². The third kappa shape index (κ3) is 3.13. The van der Waals surface area contributed by atoms with E-state index < -0.39 is 0 Å². The molecule has 1 aromatic carbocycles. The Morgan fingerprint density at radius 3 is 2.60 bits per heavy atom. The van der Waals surface area contributed by atoms with E-state index in [9.17, 15) is 0 Å². The Kier molecular flexibility index (Phi) is 3.97. The van der Waals surface area contributed by atoms with Crippen LogP contribution in [-0.4, -0.2) is 31.9 Å². The maximum Gasteiger partial charge on any atom is 0.0667 e. The van der Waals surface area contributed by atoms with Crippen molar-refractivity contribution in [1.82, 2.24) is 5.01 Å². The molecule has 1 rings (SSSR count). The van der Waals surface area contributed by atoms with Gasteiger partial charge in [0.05, 0.1) is 5.71 Å². The molecule has 0 bridgehead atoms. The molecule has 0 aliphatic carbocycles. The predicted octanol–water partition coefficient (Wildman–Crippen LogP) is 2.67. The van der Waals surface area contributed by atoms with Crippen molar-refractivity contribution in [3.8, 4) is 0 Å². The molecule has 0 saturated carbocycles. The molecule has 82 valence electrons. The van der Waals surface area contributed by atoms with E-state index in [2.05, 4.69) is 10.4 Å². The quantitative estimate of drug-likeness (QED) is 0.633. The van der Waals surface area contributed by atoms with Gasteiger partial charge in [0.15, 0.2) is 0 Å². The minimum absolute atomic E-state index is 0.720. The van der Waals surface area contributed by atoms with Crippen molar-refractivity contribution in [2.24, 2.45) is 5.10 Å². The lowest BCUT2D eigenvalue weighted by Gasteiger charge is -2.11. The Balaban J connectivity index is 3.16. The third-order valence-electron chi connectivity index (χ3n) is 1.99. The number of anilines is 1. The molecule has 0 heterocycles. The van der Waals surface area contributed by atoms with Crippen LogP contribution in [-0.2, 0) is 0 Å². The van der Waals surface area contributed by atoms with E-state index in [-0.39, 0.29) is 0 Å². The second-order valence-electron chi connectivity index (χ2n) is 3.47. The molecule has 15 heavy (non-hydrogen) atoms. The smallest absolute Gasteiger partial charge is 0.0667 e. The molecule has 4 heteroatoms. The van der Waals surface area contributed by atoms with Crippen molar-refractivity contribution in [2.75, 3.05) is 26.5 Å². The Hall–Kier alpha value is -1.22. The first-order valence-corrected chi connectivity index (χ1v) is 5.12. The van der Waals surface area contributed by atoms with Gasteiger partial charge >= 0.3 is 0 Å². The third-order valence-corrected chi connectivity index (χ3v) is 2.23. The maximum absolute atomic E-state index is 5.96. The summed E-state index contributed by atoms with van der Waals surface area (Å²) < 4.78 is 0. The molecule has 1 aromatic rings. The summed E-state index contributed by atoms with van der Waals surface area (Å²) in [6.07, 6.45) is 0. The maximum atomic E-state index is 5.96. The second kappa shape index (κ2) is 5.03. The lowest BCUT2D eigenvalue weighted by atomic mass is 10.1. The zero-order valence-electron chi connectivity index (χ0n) is 9.50. The molecule has 0 saturated heterocycles. The Bertz CT molecular complexity index is 372. The highest BCUT2D eigenvalue weighted by molar-refractivity contribution is 6.31. The fourth-order valence-electron chi connectivity index (χ4n) is 1.39.